The Morgan fingerprint density at radius 2 is 1.58 bits per heavy atom. The second kappa shape index (κ2) is 15.1. The molecule has 4 rings (SSSR count). The SMILES string of the molecule is COC(=O)Cc1c(OC(=O)c2ccc(NC3=NCCN3)cc2)ccc2cc(C(=N)N)ccc12.CS(=O)(=O)O.CS(=O)(=O)O. The minimum Gasteiger partial charge on any atom is -0.469 e. The van der Waals surface area contributed by atoms with Crippen LogP contribution in [0.3, 0.4) is 0 Å². The summed E-state index contributed by atoms with van der Waals surface area (Å²) in [5.74, 6) is -0.115. The average molecular weight is 638 g/mol. The largest absolute Gasteiger partial charge is 0.469 e. The molecule has 0 aliphatic carbocycles. The Bertz CT molecular complexity index is 1690. The average Bonchev–Trinajstić information content (AvgIpc) is 3.41. The summed E-state index contributed by atoms with van der Waals surface area (Å²) >= 11 is 0. The van der Waals surface area contributed by atoms with Crippen molar-refractivity contribution in [2.75, 3.05) is 38.0 Å². The number of guanidine groups is 1. The highest BCUT2D eigenvalue weighted by molar-refractivity contribution is 7.85. The van der Waals surface area contributed by atoms with Gasteiger partial charge in [-0.15, -0.1) is 0 Å². The van der Waals surface area contributed by atoms with Crippen molar-refractivity contribution in [1.82, 2.24) is 5.32 Å². The Balaban J connectivity index is 0.000000559. The van der Waals surface area contributed by atoms with E-state index in [1.807, 2.05) is 0 Å². The molecule has 0 saturated carbocycles. The number of nitrogens with two attached hydrogens (primary N) is 1. The van der Waals surface area contributed by atoms with Gasteiger partial charge in [-0.3, -0.25) is 24.3 Å². The zero-order valence-electron chi connectivity index (χ0n) is 23.3. The third-order valence-corrected chi connectivity index (χ3v) is 5.21. The van der Waals surface area contributed by atoms with Crippen molar-refractivity contribution in [2.45, 2.75) is 6.42 Å². The van der Waals surface area contributed by atoms with Gasteiger partial charge in [0.15, 0.2) is 5.96 Å². The fraction of sp³-hybridized carbons (Fsp3) is 0.231. The molecule has 1 heterocycles. The number of aliphatic imine (C=N–C) groups is 1. The van der Waals surface area contributed by atoms with Crippen LogP contribution in [0.4, 0.5) is 5.69 Å². The number of nitrogens with one attached hydrogen (secondary N) is 3. The molecular weight excluding hydrogens is 606 g/mol. The van der Waals surface area contributed by atoms with E-state index in [1.54, 1.807) is 54.6 Å². The zero-order valence-corrected chi connectivity index (χ0v) is 25.0. The second-order valence-corrected chi connectivity index (χ2v) is 11.8. The quantitative estimate of drug-likeness (QED) is 0.0737. The van der Waals surface area contributed by atoms with Gasteiger partial charge in [-0.1, -0.05) is 18.2 Å². The van der Waals surface area contributed by atoms with E-state index >= 15 is 0 Å². The Morgan fingerprint density at radius 3 is 2.09 bits per heavy atom. The number of hydrogen-bond donors (Lipinski definition) is 6. The number of nitrogens with zero attached hydrogens (tertiary/aromatic N) is 1. The molecule has 3 aromatic carbocycles. The predicted molar refractivity (Wildman–Crippen MR) is 161 cm³/mol. The third-order valence-electron chi connectivity index (χ3n) is 5.21. The number of nitrogen functional groups attached to an aromatic ring is 1. The van der Waals surface area contributed by atoms with E-state index in [0.29, 0.717) is 40.5 Å². The van der Waals surface area contributed by atoms with Gasteiger partial charge in [0, 0.05) is 23.4 Å². The smallest absolute Gasteiger partial charge is 0.343 e. The fourth-order valence-electron chi connectivity index (χ4n) is 3.50. The summed E-state index contributed by atoms with van der Waals surface area (Å²) in [5, 5.41) is 15.4. The van der Waals surface area contributed by atoms with Crippen molar-refractivity contribution in [2.24, 2.45) is 10.7 Å². The predicted octanol–water partition coefficient (Wildman–Crippen LogP) is 1.44. The van der Waals surface area contributed by atoms with E-state index in [-0.39, 0.29) is 18.0 Å². The second-order valence-electron chi connectivity index (χ2n) is 8.86. The summed E-state index contributed by atoms with van der Waals surface area (Å²) in [6.45, 7) is 1.52. The maximum Gasteiger partial charge on any atom is 0.343 e. The summed E-state index contributed by atoms with van der Waals surface area (Å²) in [4.78, 5) is 29.1. The van der Waals surface area contributed by atoms with Gasteiger partial charge >= 0.3 is 11.9 Å². The van der Waals surface area contributed by atoms with Crippen molar-refractivity contribution in [1.29, 1.82) is 5.41 Å². The molecule has 43 heavy (non-hydrogen) atoms. The number of esters is 2. The molecule has 0 amide bonds. The number of anilines is 1. The Labute approximate surface area is 248 Å². The van der Waals surface area contributed by atoms with Gasteiger partial charge in [0.25, 0.3) is 20.2 Å². The lowest BCUT2D eigenvalue weighted by Crippen LogP contribution is -2.26. The van der Waals surface area contributed by atoms with Crippen LogP contribution in [0.2, 0.25) is 0 Å². The van der Waals surface area contributed by atoms with Crippen molar-refractivity contribution in [3.63, 3.8) is 0 Å². The van der Waals surface area contributed by atoms with E-state index < -0.39 is 32.2 Å². The van der Waals surface area contributed by atoms with Crippen LogP contribution >= 0.6 is 0 Å². The summed E-state index contributed by atoms with van der Waals surface area (Å²) in [6, 6.07) is 15.4. The van der Waals surface area contributed by atoms with E-state index in [4.69, 9.17) is 29.7 Å². The minimum atomic E-state index is -3.67. The number of carbonyl (C=O) groups excluding carboxylic acids is 2. The first kappa shape index (κ1) is 34.6. The number of methoxy groups -OCH3 is 1. The molecule has 0 saturated heterocycles. The molecule has 0 unspecified atom stereocenters. The molecule has 17 heteroatoms. The molecule has 1 aliphatic heterocycles. The van der Waals surface area contributed by atoms with Crippen LogP contribution in [-0.4, -0.2) is 82.4 Å². The van der Waals surface area contributed by atoms with Crippen LogP contribution in [0.15, 0.2) is 59.6 Å². The zero-order chi connectivity index (χ0) is 32.4. The topological polar surface area (TPSA) is 248 Å². The molecule has 0 fully saturated rings. The van der Waals surface area contributed by atoms with Crippen molar-refractivity contribution < 1.29 is 45.0 Å². The first-order chi connectivity index (χ1) is 19.9. The Kier molecular flexibility index (Phi) is 12.1. The molecule has 0 aromatic heterocycles. The molecule has 0 radical (unpaired) electrons. The fourth-order valence-corrected chi connectivity index (χ4v) is 3.50. The highest BCUT2D eigenvalue weighted by atomic mass is 32.2. The highest BCUT2D eigenvalue weighted by Gasteiger charge is 2.18. The monoisotopic (exact) mass is 637 g/mol. The van der Waals surface area contributed by atoms with E-state index in [0.717, 1.165) is 24.2 Å². The number of benzene rings is 3. The van der Waals surface area contributed by atoms with Crippen LogP contribution in [0, 0.1) is 5.41 Å². The summed E-state index contributed by atoms with van der Waals surface area (Å²) < 4.78 is 62.2. The molecule has 3 aromatic rings. The van der Waals surface area contributed by atoms with Crippen LogP contribution < -0.4 is 21.1 Å². The number of hydrogen-bond acceptors (Lipinski definition) is 12. The number of amidine groups is 1. The number of rotatable bonds is 6. The van der Waals surface area contributed by atoms with E-state index in [2.05, 4.69) is 15.6 Å². The molecule has 1 aliphatic rings. The lowest BCUT2D eigenvalue weighted by molar-refractivity contribution is -0.139. The molecule has 15 nitrogen and oxygen atoms in total. The number of carbonyl (C=O) groups is 2. The van der Waals surface area contributed by atoms with Crippen molar-refractivity contribution in [3.8, 4) is 5.75 Å². The Morgan fingerprint density at radius 1 is 1.00 bits per heavy atom. The van der Waals surface area contributed by atoms with Gasteiger partial charge in [-0.05, 0) is 47.2 Å². The van der Waals surface area contributed by atoms with Crippen LogP contribution in [0.25, 0.3) is 10.8 Å². The van der Waals surface area contributed by atoms with Gasteiger partial charge in [-0.2, -0.15) is 16.8 Å². The van der Waals surface area contributed by atoms with Crippen LogP contribution in [0.5, 0.6) is 5.75 Å². The first-order valence-electron chi connectivity index (χ1n) is 12.1. The number of fused-ring (bicyclic) bond motifs is 1. The minimum absolute atomic E-state index is 0.0596. The van der Waals surface area contributed by atoms with Crippen molar-refractivity contribution in [3.05, 3.63) is 71.3 Å². The maximum atomic E-state index is 12.8. The van der Waals surface area contributed by atoms with Gasteiger partial charge in [0.2, 0.25) is 0 Å². The van der Waals surface area contributed by atoms with Gasteiger partial charge in [-0.25, -0.2) is 4.79 Å². The van der Waals surface area contributed by atoms with Crippen molar-refractivity contribution >= 4 is 60.4 Å². The van der Waals surface area contributed by atoms with E-state index in [1.165, 1.54) is 7.11 Å². The molecular formula is C26H31N5O10S2. The van der Waals surface area contributed by atoms with Crippen LogP contribution in [0.1, 0.15) is 21.5 Å². The molecule has 232 valence electrons. The standard InChI is InChI=1S/C24H23N5O4.2CH4O3S/c1-32-21(30)13-19-18-8-4-16(22(25)26)12-15(18)5-9-20(19)33-23(31)14-2-6-17(7-3-14)29-24-27-10-11-28-24;2*1-5(2,3)4/h2-9,12H,10-11,13H2,1H3,(H3,25,26)(H2,27,28,29);2*1H3,(H,2,3,4). The third kappa shape index (κ3) is 12.9. The van der Waals surface area contributed by atoms with Gasteiger partial charge in [0.05, 0.1) is 38.2 Å². The molecule has 0 bridgehead atoms. The summed E-state index contributed by atoms with van der Waals surface area (Å²) in [5.41, 5.74) is 7.81. The van der Waals surface area contributed by atoms with E-state index in [9.17, 15) is 26.4 Å². The van der Waals surface area contributed by atoms with Gasteiger partial charge in [0.1, 0.15) is 11.6 Å². The van der Waals surface area contributed by atoms with Gasteiger partial charge < -0.3 is 25.8 Å². The molecule has 7 N–H and O–H groups in total. The number of ether oxygens (including phenoxy) is 2. The molecule has 0 atom stereocenters. The first-order valence-corrected chi connectivity index (χ1v) is 15.8. The lowest BCUT2D eigenvalue weighted by atomic mass is 9.98. The maximum absolute atomic E-state index is 12.8. The Hall–Kier alpha value is -4.58. The normalized spacial score (nSPS) is 12.3. The summed E-state index contributed by atoms with van der Waals surface area (Å²) in [6.07, 6.45) is 1.36. The van der Waals surface area contributed by atoms with Crippen LogP contribution in [-0.2, 0) is 36.2 Å². The molecule has 0 spiro atoms. The highest BCUT2D eigenvalue weighted by Crippen LogP contribution is 2.30. The lowest BCUT2D eigenvalue weighted by Gasteiger charge is -2.14. The summed E-state index contributed by atoms with van der Waals surface area (Å²) in [7, 11) is -6.03.